The minimum atomic E-state index is -0.590. The Kier molecular flexibility index (Phi) is 6.08. The van der Waals surface area contributed by atoms with Crippen LogP contribution in [0.25, 0.3) is 0 Å². The van der Waals surface area contributed by atoms with Gasteiger partial charge in [-0.3, -0.25) is 4.79 Å². The lowest BCUT2D eigenvalue weighted by molar-refractivity contribution is -0.134. The summed E-state index contributed by atoms with van der Waals surface area (Å²) in [5.41, 5.74) is 1.03. The zero-order chi connectivity index (χ0) is 14.3. The van der Waals surface area contributed by atoms with Gasteiger partial charge in [0.1, 0.15) is 5.92 Å². The third-order valence-electron chi connectivity index (χ3n) is 3.57. The molecule has 1 aromatic carbocycles. The number of hydrogen-bond acceptors (Lipinski definition) is 2. The molecule has 1 unspecified atom stereocenters. The Bertz CT molecular complexity index is 432. The number of carbonyl (C=O) groups is 1. The van der Waals surface area contributed by atoms with Gasteiger partial charge in [0, 0.05) is 13.1 Å². The molecule has 0 saturated carbocycles. The Hall–Kier alpha value is -1.82. The van der Waals surface area contributed by atoms with Crippen LogP contribution in [0.3, 0.4) is 0 Å². The van der Waals surface area contributed by atoms with Gasteiger partial charge in [-0.25, -0.2) is 0 Å². The van der Waals surface area contributed by atoms with E-state index in [9.17, 15) is 10.1 Å². The van der Waals surface area contributed by atoms with E-state index in [0.717, 1.165) is 18.4 Å². The normalized spacial score (nSPS) is 11.9. The van der Waals surface area contributed by atoms with Gasteiger partial charge in [-0.1, -0.05) is 44.2 Å². The fraction of sp³-hybridized carbons (Fsp3) is 0.500. The fourth-order valence-electron chi connectivity index (χ4n) is 2.30. The highest BCUT2D eigenvalue weighted by Crippen LogP contribution is 2.14. The summed E-state index contributed by atoms with van der Waals surface area (Å²) in [5.74, 6) is -0.659. The van der Waals surface area contributed by atoms with Gasteiger partial charge in [0.05, 0.1) is 6.07 Å². The smallest absolute Gasteiger partial charge is 0.240 e. The largest absolute Gasteiger partial charge is 0.342 e. The van der Waals surface area contributed by atoms with Crippen molar-refractivity contribution in [3.8, 4) is 6.07 Å². The average Bonchev–Trinajstić information content (AvgIpc) is 2.46. The van der Waals surface area contributed by atoms with Crippen molar-refractivity contribution in [1.29, 1.82) is 5.26 Å². The second-order valence-electron chi connectivity index (χ2n) is 4.79. The third kappa shape index (κ3) is 4.10. The predicted molar refractivity (Wildman–Crippen MR) is 76.4 cm³/mol. The summed E-state index contributed by atoms with van der Waals surface area (Å²) < 4.78 is 0. The lowest BCUT2D eigenvalue weighted by Gasteiger charge is -2.28. The summed E-state index contributed by atoms with van der Waals surface area (Å²) in [6.07, 6.45) is 2.32. The second-order valence-corrected chi connectivity index (χ2v) is 4.79. The fourth-order valence-corrected chi connectivity index (χ4v) is 2.30. The molecule has 19 heavy (non-hydrogen) atoms. The Morgan fingerprint density at radius 1 is 1.26 bits per heavy atom. The highest BCUT2D eigenvalue weighted by atomic mass is 16.2. The number of nitrogens with zero attached hydrogens (tertiary/aromatic N) is 2. The number of benzene rings is 1. The SMILES string of the molecule is CCC(CC)N(C)C(=O)C(C#N)Cc1ccccc1. The van der Waals surface area contributed by atoms with Gasteiger partial charge < -0.3 is 4.90 Å². The molecule has 0 aliphatic heterocycles. The third-order valence-corrected chi connectivity index (χ3v) is 3.57. The van der Waals surface area contributed by atoms with E-state index in [1.807, 2.05) is 30.3 Å². The van der Waals surface area contributed by atoms with Gasteiger partial charge >= 0.3 is 0 Å². The van der Waals surface area contributed by atoms with Crippen molar-refractivity contribution in [2.45, 2.75) is 39.2 Å². The summed E-state index contributed by atoms with van der Waals surface area (Å²) in [5, 5.41) is 9.24. The highest BCUT2D eigenvalue weighted by molar-refractivity contribution is 5.81. The van der Waals surface area contributed by atoms with E-state index in [-0.39, 0.29) is 11.9 Å². The molecule has 3 heteroatoms. The Balaban J connectivity index is 2.75. The topological polar surface area (TPSA) is 44.1 Å². The van der Waals surface area contributed by atoms with Gasteiger partial charge in [0.15, 0.2) is 0 Å². The van der Waals surface area contributed by atoms with E-state index in [1.165, 1.54) is 0 Å². The van der Waals surface area contributed by atoms with Crippen LogP contribution in [-0.4, -0.2) is 23.9 Å². The molecule has 0 N–H and O–H groups in total. The molecule has 0 aliphatic carbocycles. The number of carbonyl (C=O) groups excluding carboxylic acids is 1. The van der Waals surface area contributed by atoms with Gasteiger partial charge in [-0.2, -0.15) is 5.26 Å². The summed E-state index contributed by atoms with van der Waals surface area (Å²) in [6, 6.07) is 12.1. The molecule has 1 rings (SSSR count). The van der Waals surface area contributed by atoms with Gasteiger partial charge in [0.25, 0.3) is 0 Å². The van der Waals surface area contributed by atoms with E-state index in [2.05, 4.69) is 19.9 Å². The molecule has 0 spiro atoms. The molecule has 0 heterocycles. The van der Waals surface area contributed by atoms with E-state index in [4.69, 9.17) is 0 Å². The van der Waals surface area contributed by atoms with Crippen molar-refractivity contribution >= 4 is 5.91 Å². The molecule has 0 fully saturated rings. The molecule has 0 saturated heterocycles. The van der Waals surface area contributed by atoms with Crippen LogP contribution in [0.1, 0.15) is 32.3 Å². The van der Waals surface area contributed by atoms with Crippen LogP contribution >= 0.6 is 0 Å². The molecule has 1 atom stereocenters. The summed E-state index contributed by atoms with van der Waals surface area (Å²) in [4.78, 5) is 14.1. The lowest BCUT2D eigenvalue weighted by Crippen LogP contribution is -2.40. The van der Waals surface area contributed by atoms with Gasteiger partial charge in [-0.15, -0.1) is 0 Å². The zero-order valence-corrected chi connectivity index (χ0v) is 12.0. The van der Waals surface area contributed by atoms with Gasteiger partial charge in [0.2, 0.25) is 5.91 Å². The first kappa shape index (κ1) is 15.2. The van der Waals surface area contributed by atoms with Crippen molar-refractivity contribution in [3.63, 3.8) is 0 Å². The maximum absolute atomic E-state index is 12.3. The molecule has 0 aromatic heterocycles. The number of nitriles is 1. The number of hydrogen-bond donors (Lipinski definition) is 0. The molecule has 1 aromatic rings. The van der Waals surface area contributed by atoms with Crippen molar-refractivity contribution in [2.75, 3.05) is 7.05 Å². The summed E-state index contributed by atoms with van der Waals surface area (Å²) in [7, 11) is 1.80. The maximum Gasteiger partial charge on any atom is 0.240 e. The predicted octanol–water partition coefficient (Wildman–Crippen LogP) is 3.02. The molecular weight excluding hydrogens is 236 g/mol. The summed E-state index contributed by atoms with van der Waals surface area (Å²) >= 11 is 0. The van der Waals surface area contributed by atoms with Crippen molar-refractivity contribution in [1.82, 2.24) is 4.90 Å². The Morgan fingerprint density at radius 3 is 2.32 bits per heavy atom. The van der Waals surface area contributed by atoms with Gasteiger partial charge in [-0.05, 0) is 24.8 Å². The average molecular weight is 258 g/mol. The number of rotatable bonds is 6. The molecule has 0 radical (unpaired) electrons. The van der Waals surface area contributed by atoms with Crippen molar-refractivity contribution < 1.29 is 4.79 Å². The molecule has 1 amide bonds. The van der Waals surface area contributed by atoms with E-state index < -0.39 is 5.92 Å². The Labute approximate surface area is 115 Å². The van der Waals surface area contributed by atoms with Crippen LogP contribution in [0.5, 0.6) is 0 Å². The summed E-state index contributed by atoms with van der Waals surface area (Å²) in [6.45, 7) is 4.13. The van der Waals surface area contributed by atoms with Crippen LogP contribution in [0.15, 0.2) is 30.3 Å². The minimum Gasteiger partial charge on any atom is -0.342 e. The van der Waals surface area contributed by atoms with Crippen LogP contribution in [0.4, 0.5) is 0 Å². The standard InChI is InChI=1S/C16H22N2O/c1-4-15(5-2)18(3)16(19)14(12-17)11-13-9-7-6-8-10-13/h6-10,14-15H,4-5,11H2,1-3H3. The first-order valence-electron chi connectivity index (χ1n) is 6.84. The van der Waals surface area contributed by atoms with E-state index in [0.29, 0.717) is 6.42 Å². The van der Waals surface area contributed by atoms with Crippen LogP contribution < -0.4 is 0 Å². The monoisotopic (exact) mass is 258 g/mol. The Morgan fingerprint density at radius 2 is 1.84 bits per heavy atom. The van der Waals surface area contributed by atoms with E-state index in [1.54, 1.807) is 11.9 Å². The van der Waals surface area contributed by atoms with Crippen molar-refractivity contribution in [2.24, 2.45) is 5.92 Å². The molecule has 0 bridgehead atoms. The molecule has 0 aliphatic rings. The lowest BCUT2D eigenvalue weighted by atomic mass is 9.98. The van der Waals surface area contributed by atoms with Crippen molar-refractivity contribution in [3.05, 3.63) is 35.9 Å². The van der Waals surface area contributed by atoms with E-state index >= 15 is 0 Å². The molecule has 3 nitrogen and oxygen atoms in total. The molecular formula is C16H22N2O. The zero-order valence-electron chi connectivity index (χ0n) is 12.0. The second kappa shape index (κ2) is 7.58. The van der Waals surface area contributed by atoms with Crippen LogP contribution in [-0.2, 0) is 11.2 Å². The highest BCUT2D eigenvalue weighted by Gasteiger charge is 2.25. The molecule has 102 valence electrons. The first-order valence-corrected chi connectivity index (χ1v) is 6.84. The van der Waals surface area contributed by atoms with Crippen LogP contribution in [0.2, 0.25) is 0 Å². The van der Waals surface area contributed by atoms with Crippen LogP contribution in [0, 0.1) is 17.2 Å². The maximum atomic E-state index is 12.3. The minimum absolute atomic E-state index is 0.0694. The number of amides is 1. The first-order chi connectivity index (χ1) is 9.13. The quantitative estimate of drug-likeness (QED) is 0.787.